The van der Waals surface area contributed by atoms with E-state index in [9.17, 15) is 0 Å². The van der Waals surface area contributed by atoms with Crippen molar-refractivity contribution in [1.29, 1.82) is 0 Å². The van der Waals surface area contributed by atoms with Crippen molar-refractivity contribution in [2.24, 2.45) is 0 Å². The molecule has 3 aromatic heterocycles. The van der Waals surface area contributed by atoms with Crippen LogP contribution in [0.3, 0.4) is 0 Å². The molecule has 8 bridgehead atoms. The van der Waals surface area contributed by atoms with E-state index in [1.54, 1.807) is 0 Å². The average molecular weight is 591 g/mol. The second kappa shape index (κ2) is 13.0. The third-order valence-electron chi connectivity index (χ3n) is 8.91. The standard InChI is InChI=1S/C36H46N4.Fe/c1-9-23-25(11-3)33-29(15-7)35-27(13-5)28(14-6)36(40-35)30(16-8)34-26(12-4)24(10-2)32(39-34)20-22-18-17-21(37-22)19-31(23)38-33;/h17-20,37-38H,9-16H2,1-8H3;/q;+3. The van der Waals surface area contributed by atoms with Gasteiger partial charge >= 0.3 is 17.1 Å². The number of aromatic nitrogens is 4. The molecule has 215 valence electrons. The number of allylic oxidation sites excluding steroid dienone is 4. The number of fused-ring (bicyclic) bond motifs is 8. The molecule has 2 aliphatic heterocycles. The molecule has 0 aromatic carbocycles. The van der Waals surface area contributed by atoms with Gasteiger partial charge in [0.05, 0.1) is 22.8 Å². The van der Waals surface area contributed by atoms with Gasteiger partial charge in [-0.25, -0.2) is 9.97 Å². The SMILES string of the molecule is CCC1=C(CC)c2nc1cc1ccc(cc3[nH]c(c(CC)c4nc(c2CC)C(CC)=C4CC)c(CC)c3CC)[nH]1.[Fe+3]. The summed E-state index contributed by atoms with van der Waals surface area (Å²) in [6.07, 6.45) is 7.74. The van der Waals surface area contributed by atoms with Gasteiger partial charge in [0, 0.05) is 33.2 Å². The number of hydrogen-bond donors (Lipinski definition) is 2. The predicted molar refractivity (Wildman–Crippen MR) is 173 cm³/mol. The van der Waals surface area contributed by atoms with Gasteiger partial charge in [0.25, 0.3) is 0 Å². The summed E-state index contributed by atoms with van der Waals surface area (Å²) in [4.78, 5) is 18.5. The summed E-state index contributed by atoms with van der Waals surface area (Å²) in [5.74, 6) is 0. The van der Waals surface area contributed by atoms with Gasteiger partial charge in [-0.05, 0) is 109 Å². The van der Waals surface area contributed by atoms with Gasteiger partial charge < -0.3 is 9.97 Å². The summed E-state index contributed by atoms with van der Waals surface area (Å²) >= 11 is 0. The Bertz CT molecular complexity index is 1680. The first-order valence-electron chi connectivity index (χ1n) is 15.7. The minimum atomic E-state index is 0. The quantitative estimate of drug-likeness (QED) is 0.257. The molecule has 0 fully saturated rings. The number of nitrogens with zero attached hydrogens (tertiary/aromatic N) is 2. The van der Waals surface area contributed by atoms with E-state index in [0.29, 0.717) is 0 Å². The van der Waals surface area contributed by atoms with E-state index < -0.39 is 0 Å². The van der Waals surface area contributed by atoms with Crippen molar-refractivity contribution < 1.29 is 17.1 Å². The van der Waals surface area contributed by atoms with Crippen LogP contribution in [0.15, 0.2) is 24.3 Å². The molecule has 5 rings (SSSR count). The summed E-state index contributed by atoms with van der Waals surface area (Å²) in [5, 5.41) is 0. The molecule has 0 aliphatic carbocycles. The maximum atomic E-state index is 5.57. The van der Waals surface area contributed by atoms with Gasteiger partial charge in [0.15, 0.2) is 0 Å². The minimum absolute atomic E-state index is 0. The number of nitrogens with one attached hydrogen (secondary N) is 2. The normalized spacial score (nSPS) is 13.3. The zero-order valence-electron chi connectivity index (χ0n) is 26.2. The van der Waals surface area contributed by atoms with Crippen LogP contribution >= 0.6 is 0 Å². The molecule has 0 unspecified atom stereocenters. The van der Waals surface area contributed by atoms with Crippen molar-refractivity contribution in [3.05, 3.63) is 69.3 Å². The monoisotopic (exact) mass is 590 g/mol. The molecule has 0 saturated carbocycles. The summed E-state index contributed by atoms with van der Waals surface area (Å²) in [7, 11) is 0. The van der Waals surface area contributed by atoms with Gasteiger partial charge in [0.2, 0.25) is 0 Å². The summed E-state index contributed by atoms with van der Waals surface area (Å²) in [6.45, 7) is 18.2. The zero-order chi connectivity index (χ0) is 28.6. The Kier molecular flexibility index (Phi) is 9.82. The maximum Gasteiger partial charge on any atom is 3.00 e. The van der Waals surface area contributed by atoms with Crippen molar-refractivity contribution >= 4 is 44.4 Å². The summed E-state index contributed by atoms with van der Waals surface area (Å²) < 4.78 is 0. The molecule has 5 heteroatoms. The van der Waals surface area contributed by atoms with Gasteiger partial charge in [-0.15, -0.1) is 0 Å². The van der Waals surface area contributed by atoms with Crippen LogP contribution in [0.2, 0.25) is 0 Å². The Morgan fingerprint density at radius 3 is 1.51 bits per heavy atom. The van der Waals surface area contributed by atoms with Crippen molar-refractivity contribution in [2.75, 3.05) is 0 Å². The van der Waals surface area contributed by atoms with E-state index >= 15 is 0 Å². The fraction of sp³-hybridized carbons (Fsp3) is 0.444. The molecule has 2 N–H and O–H groups in total. The summed E-state index contributed by atoms with van der Waals surface area (Å²) in [5.41, 5.74) is 20.3. The van der Waals surface area contributed by atoms with Gasteiger partial charge in [-0.1, -0.05) is 55.4 Å². The summed E-state index contributed by atoms with van der Waals surface area (Å²) in [6, 6.07) is 8.89. The number of H-pyrrole nitrogens is 2. The third-order valence-corrected chi connectivity index (χ3v) is 8.91. The second-order valence-corrected chi connectivity index (χ2v) is 10.9. The van der Waals surface area contributed by atoms with Crippen molar-refractivity contribution in [1.82, 2.24) is 19.9 Å². The number of aryl methyl sites for hydroxylation is 3. The minimum Gasteiger partial charge on any atom is -0.355 e. The third kappa shape index (κ3) is 5.17. The molecule has 0 amide bonds. The van der Waals surface area contributed by atoms with Gasteiger partial charge in [0.1, 0.15) is 0 Å². The molecule has 0 spiro atoms. The first-order chi connectivity index (χ1) is 19.5. The molecule has 41 heavy (non-hydrogen) atoms. The number of hydrogen-bond acceptors (Lipinski definition) is 2. The first-order valence-corrected chi connectivity index (χ1v) is 15.7. The van der Waals surface area contributed by atoms with E-state index in [1.165, 1.54) is 67.0 Å². The van der Waals surface area contributed by atoms with Gasteiger partial charge in [-0.3, -0.25) is 0 Å². The van der Waals surface area contributed by atoms with Gasteiger partial charge in [-0.2, -0.15) is 0 Å². The number of aromatic amines is 2. The van der Waals surface area contributed by atoms with Crippen LogP contribution in [0.25, 0.3) is 44.4 Å². The second-order valence-electron chi connectivity index (χ2n) is 10.9. The zero-order valence-corrected chi connectivity index (χ0v) is 27.3. The fourth-order valence-electron chi connectivity index (χ4n) is 7.07. The Hall–Kier alpha value is -2.88. The topological polar surface area (TPSA) is 57.4 Å². The molecule has 2 aliphatic rings. The fourth-order valence-corrected chi connectivity index (χ4v) is 7.07. The molecule has 0 atom stereocenters. The van der Waals surface area contributed by atoms with Crippen LogP contribution in [0.5, 0.6) is 0 Å². The molecule has 0 saturated heterocycles. The Labute approximate surface area is 256 Å². The number of rotatable bonds is 8. The maximum absolute atomic E-state index is 5.57. The van der Waals surface area contributed by atoms with E-state index in [2.05, 4.69) is 89.6 Å². The smallest absolute Gasteiger partial charge is 0.355 e. The molecule has 4 nitrogen and oxygen atoms in total. The van der Waals surface area contributed by atoms with Crippen LogP contribution in [0.1, 0.15) is 126 Å². The van der Waals surface area contributed by atoms with Crippen LogP contribution in [-0.2, 0) is 42.8 Å². The molecular weight excluding hydrogens is 544 g/mol. The first kappa shape index (κ1) is 31.1. The van der Waals surface area contributed by atoms with E-state index in [-0.39, 0.29) is 17.1 Å². The van der Waals surface area contributed by atoms with Crippen molar-refractivity contribution in [3.8, 4) is 0 Å². The Balaban J connectivity index is 0.00000387. The van der Waals surface area contributed by atoms with Crippen LogP contribution in [-0.4, -0.2) is 19.9 Å². The van der Waals surface area contributed by atoms with Crippen LogP contribution in [0.4, 0.5) is 0 Å². The van der Waals surface area contributed by atoms with E-state index in [0.717, 1.165) is 73.8 Å². The Morgan fingerprint density at radius 1 is 0.488 bits per heavy atom. The average Bonchev–Trinajstić information content (AvgIpc) is 3.73. The van der Waals surface area contributed by atoms with E-state index in [4.69, 9.17) is 9.97 Å². The molecule has 3 aromatic rings. The predicted octanol–water partition coefficient (Wildman–Crippen LogP) is 10.0. The van der Waals surface area contributed by atoms with Crippen molar-refractivity contribution in [3.63, 3.8) is 0 Å². The van der Waals surface area contributed by atoms with Crippen molar-refractivity contribution in [2.45, 2.75) is 107 Å². The Morgan fingerprint density at radius 2 is 0.976 bits per heavy atom. The van der Waals surface area contributed by atoms with Crippen LogP contribution in [0, 0.1) is 0 Å². The molecule has 1 radical (unpaired) electrons. The molecular formula is C36H46FeN4+3. The largest absolute Gasteiger partial charge is 3.00 e. The van der Waals surface area contributed by atoms with Crippen LogP contribution < -0.4 is 0 Å². The molecule has 5 heterocycles. The van der Waals surface area contributed by atoms with E-state index in [1.807, 2.05) is 0 Å².